The molecule has 6 heteroatoms. The number of ether oxygens (including phenoxy) is 2. The van der Waals surface area contributed by atoms with Crippen molar-refractivity contribution in [3.63, 3.8) is 0 Å². The predicted octanol–water partition coefficient (Wildman–Crippen LogP) is 5.38. The normalized spacial score (nSPS) is 11.5. The fourth-order valence-corrected chi connectivity index (χ4v) is 3.66. The highest BCUT2D eigenvalue weighted by molar-refractivity contribution is 5.91. The SMILES string of the molecule is COc1ccc(CCNC(=O)c2ccc(CN(Cc3ccc(C)cc3)C(C)(C)C)o2)cc1OC. The Morgan fingerprint density at radius 2 is 1.59 bits per heavy atom. The van der Waals surface area contributed by atoms with Crippen LogP contribution < -0.4 is 14.8 Å². The van der Waals surface area contributed by atoms with Gasteiger partial charge in [-0.25, -0.2) is 0 Å². The number of furan rings is 1. The van der Waals surface area contributed by atoms with Gasteiger partial charge in [-0.3, -0.25) is 9.69 Å². The molecule has 0 spiro atoms. The van der Waals surface area contributed by atoms with Gasteiger partial charge in [-0.05, 0) is 69.5 Å². The summed E-state index contributed by atoms with van der Waals surface area (Å²) in [4.78, 5) is 15.0. The first-order valence-electron chi connectivity index (χ1n) is 11.6. The van der Waals surface area contributed by atoms with Crippen LogP contribution in [0.2, 0.25) is 0 Å². The third-order valence-corrected chi connectivity index (χ3v) is 5.82. The monoisotopic (exact) mass is 464 g/mol. The summed E-state index contributed by atoms with van der Waals surface area (Å²) in [5.41, 5.74) is 3.49. The standard InChI is InChI=1S/C28H36N2O4/c1-20-7-9-22(10-8-20)18-30(28(2,3)4)19-23-12-14-25(34-23)27(31)29-16-15-21-11-13-24(32-5)26(17-21)33-6/h7-14,17H,15-16,18-19H2,1-6H3,(H,29,31). The zero-order valence-corrected chi connectivity index (χ0v) is 21.1. The van der Waals surface area contributed by atoms with Crippen LogP contribution in [0.1, 0.15) is 53.8 Å². The molecular formula is C28H36N2O4. The summed E-state index contributed by atoms with van der Waals surface area (Å²) in [6.07, 6.45) is 0.675. The van der Waals surface area contributed by atoms with Gasteiger partial charge >= 0.3 is 0 Å². The Morgan fingerprint density at radius 1 is 0.912 bits per heavy atom. The van der Waals surface area contributed by atoms with Crippen LogP contribution in [0.15, 0.2) is 59.0 Å². The van der Waals surface area contributed by atoms with E-state index in [0.29, 0.717) is 36.8 Å². The number of nitrogens with zero attached hydrogens (tertiary/aromatic N) is 1. The Labute approximate surface area is 202 Å². The average Bonchev–Trinajstić information content (AvgIpc) is 3.28. The zero-order chi connectivity index (χ0) is 24.7. The van der Waals surface area contributed by atoms with Crippen molar-refractivity contribution in [2.75, 3.05) is 20.8 Å². The summed E-state index contributed by atoms with van der Waals surface area (Å²) in [6.45, 7) is 10.6. The summed E-state index contributed by atoms with van der Waals surface area (Å²) < 4.78 is 16.5. The van der Waals surface area contributed by atoms with E-state index < -0.39 is 0 Å². The van der Waals surface area contributed by atoms with Gasteiger partial charge in [0.05, 0.1) is 20.8 Å². The smallest absolute Gasteiger partial charge is 0.287 e. The second kappa shape index (κ2) is 11.3. The molecule has 34 heavy (non-hydrogen) atoms. The number of amides is 1. The molecule has 182 valence electrons. The van der Waals surface area contributed by atoms with Gasteiger partial charge in [0.25, 0.3) is 5.91 Å². The number of methoxy groups -OCH3 is 2. The average molecular weight is 465 g/mol. The van der Waals surface area contributed by atoms with Gasteiger partial charge in [0.2, 0.25) is 0 Å². The fraction of sp³-hybridized carbons (Fsp3) is 0.393. The Bertz CT molecular complexity index is 1080. The Hall–Kier alpha value is -3.25. The highest BCUT2D eigenvalue weighted by atomic mass is 16.5. The highest BCUT2D eigenvalue weighted by Crippen LogP contribution is 2.27. The van der Waals surface area contributed by atoms with Gasteiger partial charge in [-0.2, -0.15) is 0 Å². The Morgan fingerprint density at radius 3 is 2.24 bits per heavy atom. The first-order valence-corrected chi connectivity index (χ1v) is 11.6. The molecule has 0 unspecified atom stereocenters. The summed E-state index contributed by atoms with van der Waals surface area (Å²) in [6, 6.07) is 18.0. The van der Waals surface area contributed by atoms with Gasteiger partial charge in [0.15, 0.2) is 17.3 Å². The molecule has 0 atom stereocenters. The molecule has 3 rings (SSSR count). The molecule has 2 aromatic carbocycles. The summed E-state index contributed by atoms with van der Waals surface area (Å²) in [5.74, 6) is 2.24. The molecule has 1 N–H and O–H groups in total. The third-order valence-electron chi connectivity index (χ3n) is 5.82. The van der Waals surface area contributed by atoms with Gasteiger partial charge in [-0.1, -0.05) is 35.9 Å². The van der Waals surface area contributed by atoms with Crippen LogP contribution in [0, 0.1) is 6.92 Å². The number of hydrogen-bond acceptors (Lipinski definition) is 5. The first kappa shape index (κ1) is 25.4. The number of aryl methyl sites for hydroxylation is 1. The highest BCUT2D eigenvalue weighted by Gasteiger charge is 2.23. The van der Waals surface area contributed by atoms with Crippen molar-refractivity contribution < 1.29 is 18.7 Å². The molecule has 0 fully saturated rings. The van der Waals surface area contributed by atoms with E-state index in [1.54, 1.807) is 20.3 Å². The lowest BCUT2D eigenvalue weighted by atomic mass is 10.0. The molecule has 1 aromatic heterocycles. The quantitative estimate of drug-likeness (QED) is 0.437. The van der Waals surface area contributed by atoms with Crippen molar-refractivity contribution in [1.82, 2.24) is 10.2 Å². The molecule has 0 radical (unpaired) electrons. The van der Waals surface area contributed by atoms with E-state index in [2.05, 4.69) is 62.2 Å². The largest absolute Gasteiger partial charge is 0.493 e. The number of carbonyl (C=O) groups is 1. The van der Waals surface area contributed by atoms with E-state index >= 15 is 0 Å². The van der Waals surface area contributed by atoms with E-state index in [9.17, 15) is 4.79 Å². The number of nitrogens with one attached hydrogen (secondary N) is 1. The number of rotatable bonds is 10. The van der Waals surface area contributed by atoms with Gasteiger partial charge in [0, 0.05) is 18.6 Å². The maximum atomic E-state index is 12.6. The number of hydrogen-bond donors (Lipinski definition) is 1. The van der Waals surface area contributed by atoms with Crippen LogP contribution in [-0.2, 0) is 19.5 Å². The second-order valence-electron chi connectivity index (χ2n) is 9.47. The zero-order valence-electron chi connectivity index (χ0n) is 21.1. The molecule has 0 aliphatic carbocycles. The summed E-state index contributed by atoms with van der Waals surface area (Å²) in [5, 5.41) is 2.94. The van der Waals surface area contributed by atoms with Gasteiger partial charge in [-0.15, -0.1) is 0 Å². The maximum Gasteiger partial charge on any atom is 0.287 e. The van der Waals surface area contributed by atoms with Crippen molar-refractivity contribution in [3.8, 4) is 11.5 Å². The van der Waals surface area contributed by atoms with E-state index in [-0.39, 0.29) is 11.4 Å². The van der Waals surface area contributed by atoms with Gasteiger partial charge in [0.1, 0.15) is 5.76 Å². The predicted molar refractivity (Wildman–Crippen MR) is 134 cm³/mol. The molecule has 0 bridgehead atoms. The van der Waals surface area contributed by atoms with E-state index in [0.717, 1.165) is 17.9 Å². The molecule has 3 aromatic rings. The number of benzene rings is 2. The second-order valence-corrected chi connectivity index (χ2v) is 9.47. The molecule has 1 heterocycles. The van der Waals surface area contributed by atoms with E-state index in [1.807, 2.05) is 24.3 Å². The Kier molecular flexibility index (Phi) is 8.40. The topological polar surface area (TPSA) is 63.9 Å². The van der Waals surface area contributed by atoms with E-state index in [1.165, 1.54) is 11.1 Å². The molecule has 0 aliphatic heterocycles. The summed E-state index contributed by atoms with van der Waals surface area (Å²) in [7, 11) is 3.22. The molecule has 0 aliphatic rings. The van der Waals surface area contributed by atoms with Crippen molar-refractivity contribution in [1.29, 1.82) is 0 Å². The van der Waals surface area contributed by atoms with Crippen LogP contribution in [0.4, 0.5) is 0 Å². The van der Waals surface area contributed by atoms with Crippen LogP contribution in [-0.4, -0.2) is 37.1 Å². The molecular weight excluding hydrogens is 428 g/mol. The fourth-order valence-electron chi connectivity index (χ4n) is 3.66. The minimum absolute atomic E-state index is 0.0560. The molecule has 1 amide bonds. The molecule has 0 saturated heterocycles. The minimum atomic E-state index is -0.215. The van der Waals surface area contributed by atoms with Gasteiger partial charge < -0.3 is 19.2 Å². The van der Waals surface area contributed by atoms with Crippen molar-refractivity contribution in [2.24, 2.45) is 0 Å². The van der Waals surface area contributed by atoms with Crippen molar-refractivity contribution in [3.05, 3.63) is 82.8 Å². The van der Waals surface area contributed by atoms with E-state index in [4.69, 9.17) is 13.9 Å². The minimum Gasteiger partial charge on any atom is -0.493 e. The lowest BCUT2D eigenvalue weighted by Crippen LogP contribution is -2.40. The van der Waals surface area contributed by atoms with Crippen LogP contribution in [0.3, 0.4) is 0 Å². The van der Waals surface area contributed by atoms with Crippen molar-refractivity contribution >= 4 is 5.91 Å². The van der Waals surface area contributed by atoms with Crippen LogP contribution >= 0.6 is 0 Å². The lowest BCUT2D eigenvalue weighted by Gasteiger charge is -2.35. The van der Waals surface area contributed by atoms with Crippen molar-refractivity contribution in [2.45, 2.75) is 52.7 Å². The third kappa shape index (κ3) is 6.87. The maximum absolute atomic E-state index is 12.6. The lowest BCUT2D eigenvalue weighted by molar-refractivity contribution is 0.0906. The number of carbonyl (C=O) groups excluding carboxylic acids is 1. The summed E-state index contributed by atoms with van der Waals surface area (Å²) >= 11 is 0. The molecule has 0 saturated carbocycles. The van der Waals surface area contributed by atoms with Crippen LogP contribution in [0.5, 0.6) is 11.5 Å². The first-order chi connectivity index (χ1) is 16.2. The Balaban J connectivity index is 1.57. The van der Waals surface area contributed by atoms with Crippen LogP contribution in [0.25, 0.3) is 0 Å². The molecule has 6 nitrogen and oxygen atoms in total.